The molecule has 4 amide bonds. The van der Waals surface area contributed by atoms with E-state index in [1.807, 2.05) is 4.72 Å². The zero-order valence-electron chi connectivity index (χ0n) is 32.6. The Morgan fingerprint density at radius 3 is 2.52 bits per heavy atom. The number of nitrogens with zero attached hydrogens (tertiary/aromatic N) is 2. The lowest BCUT2D eigenvalue weighted by Crippen LogP contribution is -2.61. The molecule has 6 rings (SSSR count). The van der Waals surface area contributed by atoms with E-state index in [1.54, 1.807) is 43.3 Å². The van der Waals surface area contributed by atoms with Gasteiger partial charge in [0.15, 0.2) is 0 Å². The van der Waals surface area contributed by atoms with Crippen LogP contribution >= 0.6 is 0 Å². The number of halogens is 4. The molecular formula is C38H47F4N5O10S. The van der Waals surface area contributed by atoms with E-state index in [2.05, 4.69) is 15.6 Å². The number of hydrogen-bond acceptors (Lipinski definition) is 11. The number of methoxy groups -OCH3 is 1. The predicted octanol–water partition coefficient (Wildman–Crippen LogP) is 3.99. The Bertz CT molecular complexity index is 2080. The van der Waals surface area contributed by atoms with Crippen LogP contribution < -0.4 is 24.8 Å². The highest BCUT2D eigenvalue weighted by molar-refractivity contribution is 7.91. The standard InChI is InChI=1S/C38H47F4N5O10S/c1-21-8-6-7-9-24-18-37(24,33(50)46-58(52,53)36(20-39)13-14-36)45-30(48)28-17-26(56-31-27-11-10-25(54-5)16-23(27)12-15-43-31)19-47(28)32(49)29(22(2)55-21)44-34(51)57-35(3,4)38(40,41)42/h7,9-12,15-16,21-22,24,26,28-29H,6,8,13-14,17-20H2,1-5H3,(H,44,51)(H,45,48)(H,46,50)/b9-7-/t21-,22+,24-,26-,28+,29+,37-/m1/s1. The second-order valence-electron chi connectivity index (χ2n) is 15.9. The van der Waals surface area contributed by atoms with Crippen LogP contribution in [0.2, 0.25) is 0 Å². The molecule has 318 valence electrons. The minimum atomic E-state index is -4.96. The van der Waals surface area contributed by atoms with Crippen LogP contribution in [0.25, 0.3) is 10.8 Å². The quantitative estimate of drug-likeness (QED) is 0.245. The average molecular weight is 842 g/mol. The van der Waals surface area contributed by atoms with Crippen LogP contribution in [-0.2, 0) is 33.9 Å². The van der Waals surface area contributed by atoms with E-state index in [4.69, 9.17) is 18.9 Å². The van der Waals surface area contributed by atoms with E-state index in [-0.39, 0.29) is 38.1 Å². The van der Waals surface area contributed by atoms with Crippen LogP contribution in [0.5, 0.6) is 11.6 Å². The molecule has 2 aliphatic heterocycles. The van der Waals surface area contributed by atoms with Crippen LogP contribution in [0.1, 0.15) is 66.2 Å². The smallest absolute Gasteiger partial charge is 0.427 e. The average Bonchev–Trinajstić information content (AvgIpc) is 4.05. The van der Waals surface area contributed by atoms with Crippen molar-refractivity contribution in [2.45, 2.75) is 119 Å². The van der Waals surface area contributed by atoms with Crippen molar-refractivity contribution >= 4 is 44.6 Å². The minimum absolute atomic E-state index is 0.0166. The van der Waals surface area contributed by atoms with E-state index in [0.29, 0.717) is 43.2 Å². The fourth-order valence-corrected chi connectivity index (χ4v) is 8.64. The molecular weight excluding hydrogens is 795 g/mol. The predicted molar refractivity (Wildman–Crippen MR) is 199 cm³/mol. The molecule has 58 heavy (non-hydrogen) atoms. The number of hydrogen-bond donors (Lipinski definition) is 3. The van der Waals surface area contributed by atoms with Gasteiger partial charge in [-0.25, -0.2) is 22.6 Å². The minimum Gasteiger partial charge on any atom is -0.497 e. The van der Waals surface area contributed by atoms with Gasteiger partial charge in [-0.15, -0.1) is 0 Å². The highest BCUT2D eigenvalue weighted by Gasteiger charge is 2.64. The van der Waals surface area contributed by atoms with Gasteiger partial charge in [0.1, 0.15) is 40.9 Å². The van der Waals surface area contributed by atoms with Gasteiger partial charge >= 0.3 is 12.3 Å². The first kappa shape index (κ1) is 42.9. The number of benzene rings is 1. The molecule has 0 radical (unpaired) electrons. The number of carbonyl (C=O) groups excluding carboxylic acids is 4. The first-order chi connectivity index (χ1) is 27.2. The summed E-state index contributed by atoms with van der Waals surface area (Å²) in [7, 11) is -2.97. The number of nitrogens with one attached hydrogen (secondary N) is 3. The molecule has 3 fully saturated rings. The van der Waals surface area contributed by atoms with Crippen molar-refractivity contribution in [2.24, 2.45) is 5.92 Å². The molecule has 20 heteroatoms. The number of alkyl carbamates (subject to hydrolysis) is 1. The number of fused-ring (bicyclic) bond motifs is 3. The molecule has 1 saturated heterocycles. The molecule has 2 saturated carbocycles. The Morgan fingerprint density at radius 1 is 1.14 bits per heavy atom. The summed E-state index contributed by atoms with van der Waals surface area (Å²) in [6.45, 7) is 2.91. The molecule has 0 spiro atoms. The van der Waals surface area contributed by atoms with Crippen LogP contribution in [0.3, 0.4) is 0 Å². The van der Waals surface area contributed by atoms with Crippen molar-refractivity contribution in [3.63, 3.8) is 0 Å². The first-order valence-electron chi connectivity index (χ1n) is 18.9. The molecule has 1 aromatic carbocycles. The third kappa shape index (κ3) is 8.53. The van der Waals surface area contributed by atoms with Crippen molar-refractivity contribution < 1.29 is 64.1 Å². The number of rotatable bonds is 9. The number of amides is 4. The third-order valence-electron chi connectivity index (χ3n) is 11.3. The number of pyridine rings is 1. The molecule has 2 aromatic rings. The van der Waals surface area contributed by atoms with E-state index < -0.39 is 98.9 Å². The van der Waals surface area contributed by atoms with Crippen LogP contribution in [-0.4, -0.2) is 115 Å². The lowest BCUT2D eigenvalue weighted by molar-refractivity contribution is -0.244. The Hall–Kier alpha value is -4.72. The van der Waals surface area contributed by atoms with E-state index in [0.717, 1.165) is 4.90 Å². The zero-order chi connectivity index (χ0) is 42.4. The monoisotopic (exact) mass is 841 g/mol. The molecule has 3 heterocycles. The zero-order valence-corrected chi connectivity index (χ0v) is 33.4. The fraction of sp³-hybridized carbons (Fsp3) is 0.605. The van der Waals surface area contributed by atoms with Crippen LogP contribution in [0.4, 0.5) is 22.4 Å². The number of alkyl halides is 4. The van der Waals surface area contributed by atoms with Crippen LogP contribution in [0.15, 0.2) is 42.6 Å². The lowest BCUT2D eigenvalue weighted by atomic mass is 10.1. The number of sulfonamides is 1. The van der Waals surface area contributed by atoms with Crippen molar-refractivity contribution in [3.8, 4) is 11.6 Å². The summed E-state index contributed by atoms with van der Waals surface area (Å²) in [6, 6.07) is 3.75. The number of ether oxygens (including phenoxy) is 4. The van der Waals surface area contributed by atoms with Gasteiger partial charge in [0.2, 0.25) is 33.3 Å². The number of aromatic nitrogens is 1. The topological polar surface area (TPSA) is 192 Å². The maximum Gasteiger partial charge on any atom is 0.427 e. The van der Waals surface area contributed by atoms with Gasteiger partial charge in [-0.1, -0.05) is 12.2 Å². The number of allylic oxidation sites excluding steroid dienone is 1. The van der Waals surface area contributed by atoms with Crippen molar-refractivity contribution in [2.75, 3.05) is 20.3 Å². The summed E-state index contributed by atoms with van der Waals surface area (Å²) < 4.78 is 104. The second-order valence-corrected chi connectivity index (χ2v) is 18.0. The normalized spacial score (nSPS) is 29.4. The first-order valence-corrected chi connectivity index (χ1v) is 20.4. The molecule has 0 bridgehead atoms. The Balaban J connectivity index is 1.35. The molecule has 1 aromatic heterocycles. The summed E-state index contributed by atoms with van der Waals surface area (Å²) in [6.07, 6.45) is -3.79. The van der Waals surface area contributed by atoms with Gasteiger partial charge in [0.25, 0.3) is 5.91 Å². The Morgan fingerprint density at radius 2 is 1.86 bits per heavy atom. The second kappa shape index (κ2) is 15.8. The summed E-state index contributed by atoms with van der Waals surface area (Å²) in [4.78, 5) is 61.4. The van der Waals surface area contributed by atoms with Crippen LogP contribution in [0, 0.1) is 5.92 Å². The summed E-state index contributed by atoms with van der Waals surface area (Å²) in [5, 5.41) is 6.19. The molecule has 3 N–H and O–H groups in total. The maximum absolute atomic E-state index is 14.6. The molecule has 7 atom stereocenters. The summed E-state index contributed by atoms with van der Waals surface area (Å²) in [5.41, 5.74) is -4.74. The van der Waals surface area contributed by atoms with Gasteiger partial charge in [-0.05, 0) is 89.5 Å². The third-order valence-corrected chi connectivity index (χ3v) is 13.4. The maximum atomic E-state index is 14.6. The largest absolute Gasteiger partial charge is 0.497 e. The van der Waals surface area contributed by atoms with Crippen molar-refractivity contribution in [1.82, 2.24) is 25.2 Å². The highest BCUT2D eigenvalue weighted by Crippen LogP contribution is 2.48. The van der Waals surface area contributed by atoms with E-state index in [9.17, 15) is 45.2 Å². The van der Waals surface area contributed by atoms with Gasteiger partial charge in [-0.2, -0.15) is 13.2 Å². The molecule has 4 aliphatic rings. The Kier molecular flexibility index (Phi) is 11.7. The fourth-order valence-electron chi connectivity index (χ4n) is 7.21. The van der Waals surface area contributed by atoms with Gasteiger partial charge in [-0.3, -0.25) is 19.1 Å². The van der Waals surface area contributed by atoms with Gasteiger partial charge in [0.05, 0.1) is 25.9 Å². The lowest BCUT2D eigenvalue weighted by Gasteiger charge is -2.34. The number of carbonyl (C=O) groups is 4. The summed E-state index contributed by atoms with van der Waals surface area (Å²) >= 11 is 0. The van der Waals surface area contributed by atoms with Crippen molar-refractivity contribution in [1.29, 1.82) is 0 Å². The van der Waals surface area contributed by atoms with Gasteiger partial charge < -0.3 is 34.5 Å². The SMILES string of the molecule is COc1ccc2c(O[C@@H]3C[C@H]4C(=O)N[C@]5(C(=O)NS(=O)(=O)C6(CF)CC6)C[C@H]5/C=C\CC[C@@H](C)O[C@@H](C)[C@H](NC(=O)OC(C)(C)C(F)(F)F)C(=O)N4C3)nccc2c1. The van der Waals surface area contributed by atoms with Gasteiger partial charge in [0, 0.05) is 23.9 Å². The molecule has 15 nitrogen and oxygen atoms in total. The summed E-state index contributed by atoms with van der Waals surface area (Å²) in [5.74, 6) is -2.86. The van der Waals surface area contributed by atoms with Crippen molar-refractivity contribution in [3.05, 3.63) is 42.6 Å². The highest BCUT2D eigenvalue weighted by atomic mass is 32.2. The molecule has 2 aliphatic carbocycles. The van der Waals surface area contributed by atoms with E-state index >= 15 is 0 Å². The van der Waals surface area contributed by atoms with E-state index in [1.165, 1.54) is 20.2 Å². The molecule has 0 unspecified atom stereocenters. The Labute approximate surface area is 332 Å².